The molecule has 0 aliphatic heterocycles. The second-order valence-corrected chi connectivity index (χ2v) is 4.12. The fraction of sp³-hybridized carbons (Fsp3) is 0.0714. The van der Waals surface area contributed by atoms with Crippen LogP contribution >= 0.6 is 0 Å². The molecule has 0 aliphatic carbocycles. The normalized spacial score (nSPS) is 10.2. The number of carbonyl (C=O) groups excluding carboxylic acids is 1. The summed E-state index contributed by atoms with van der Waals surface area (Å²) in [5.74, 6) is -0.804. The summed E-state index contributed by atoms with van der Waals surface area (Å²) >= 11 is 0. The molecular weight excluding hydrogens is 247 g/mol. The van der Waals surface area contributed by atoms with Crippen LogP contribution in [-0.4, -0.2) is 18.1 Å². The van der Waals surface area contributed by atoms with Crippen LogP contribution < -0.4 is 10.6 Å². The van der Waals surface area contributed by atoms with E-state index in [4.69, 9.17) is 5.73 Å². The quantitative estimate of drug-likeness (QED) is 0.815. The monoisotopic (exact) mass is 260 g/mol. The molecule has 0 unspecified atom stereocenters. The molecule has 19 heavy (non-hydrogen) atoms. The summed E-state index contributed by atoms with van der Waals surface area (Å²) in [4.78, 5) is 13.6. The maximum atomic E-state index is 12.9. The highest BCUT2D eigenvalue weighted by atomic mass is 19.1. The number of hydrogen-bond acceptors (Lipinski definition) is 3. The number of nitrogens with two attached hydrogens (primary N) is 1. The van der Waals surface area contributed by atoms with Crippen LogP contribution in [0.1, 0.15) is 10.4 Å². The van der Waals surface area contributed by atoms with Crippen LogP contribution in [0, 0.1) is 5.82 Å². The summed E-state index contributed by atoms with van der Waals surface area (Å²) in [6.07, 6.45) is 0. The van der Waals surface area contributed by atoms with Gasteiger partial charge in [0.1, 0.15) is 11.6 Å². The Morgan fingerprint density at radius 1 is 1.26 bits per heavy atom. The van der Waals surface area contributed by atoms with Crippen molar-refractivity contribution in [2.24, 2.45) is 0 Å². The van der Waals surface area contributed by atoms with Gasteiger partial charge >= 0.3 is 0 Å². The molecule has 0 atom stereocenters. The predicted octanol–water partition coefficient (Wildman–Crippen LogP) is 2.39. The third-order valence-electron chi connectivity index (χ3n) is 2.77. The Hall–Kier alpha value is -2.56. The van der Waals surface area contributed by atoms with Gasteiger partial charge in [0.25, 0.3) is 5.91 Å². The number of phenolic OH excluding ortho intramolecular Hbond substituents is 1. The van der Waals surface area contributed by atoms with E-state index in [2.05, 4.69) is 0 Å². The molecule has 3 N–H and O–H groups in total. The van der Waals surface area contributed by atoms with Gasteiger partial charge in [0.2, 0.25) is 0 Å². The van der Waals surface area contributed by atoms with Crippen molar-refractivity contribution in [3.8, 4) is 5.75 Å². The molecule has 0 saturated carbocycles. The first-order chi connectivity index (χ1) is 8.99. The minimum absolute atomic E-state index is 0.0595. The average Bonchev–Trinajstić information content (AvgIpc) is 2.37. The summed E-state index contributed by atoms with van der Waals surface area (Å²) in [6, 6.07) is 9.89. The predicted molar refractivity (Wildman–Crippen MR) is 71.7 cm³/mol. The van der Waals surface area contributed by atoms with E-state index in [-0.39, 0.29) is 22.9 Å². The molecular formula is C14H13FN2O2. The Bertz CT molecular complexity index is 629. The van der Waals surface area contributed by atoms with Crippen molar-refractivity contribution in [1.29, 1.82) is 0 Å². The van der Waals surface area contributed by atoms with Gasteiger partial charge in [-0.25, -0.2) is 4.39 Å². The minimum atomic E-state index is -0.492. The van der Waals surface area contributed by atoms with Crippen molar-refractivity contribution in [3.05, 3.63) is 53.8 Å². The van der Waals surface area contributed by atoms with E-state index in [1.165, 1.54) is 29.2 Å². The highest BCUT2D eigenvalue weighted by Crippen LogP contribution is 2.22. The van der Waals surface area contributed by atoms with Crippen LogP contribution in [0.15, 0.2) is 42.5 Å². The number of hydrogen-bond donors (Lipinski definition) is 2. The summed E-state index contributed by atoms with van der Waals surface area (Å²) < 4.78 is 12.9. The number of halogens is 1. The Labute approximate surface area is 109 Å². The van der Waals surface area contributed by atoms with E-state index in [0.717, 1.165) is 6.07 Å². The Morgan fingerprint density at radius 2 is 2.00 bits per heavy atom. The third kappa shape index (κ3) is 2.65. The molecule has 2 aromatic rings. The number of benzene rings is 2. The molecule has 0 spiro atoms. The minimum Gasteiger partial charge on any atom is -0.508 e. The van der Waals surface area contributed by atoms with Gasteiger partial charge in [-0.15, -0.1) is 0 Å². The second-order valence-electron chi connectivity index (χ2n) is 4.12. The SMILES string of the molecule is CN(C(=O)c1ccc(F)cc1N)c1cccc(O)c1. The van der Waals surface area contributed by atoms with Gasteiger partial charge in [-0.1, -0.05) is 6.07 Å². The molecule has 5 heteroatoms. The first kappa shape index (κ1) is 12.9. The van der Waals surface area contributed by atoms with Crippen molar-refractivity contribution < 1.29 is 14.3 Å². The lowest BCUT2D eigenvalue weighted by molar-refractivity contribution is 0.0994. The average molecular weight is 260 g/mol. The van der Waals surface area contributed by atoms with Gasteiger partial charge in [-0.05, 0) is 30.3 Å². The topological polar surface area (TPSA) is 66.6 Å². The van der Waals surface area contributed by atoms with Crippen LogP contribution in [0.2, 0.25) is 0 Å². The van der Waals surface area contributed by atoms with E-state index >= 15 is 0 Å². The maximum absolute atomic E-state index is 12.9. The van der Waals surface area contributed by atoms with Crippen molar-refractivity contribution in [3.63, 3.8) is 0 Å². The first-order valence-electron chi connectivity index (χ1n) is 5.61. The van der Waals surface area contributed by atoms with E-state index in [1.54, 1.807) is 19.2 Å². The zero-order valence-corrected chi connectivity index (χ0v) is 10.3. The molecule has 0 radical (unpaired) electrons. The van der Waals surface area contributed by atoms with Gasteiger partial charge in [0, 0.05) is 24.5 Å². The maximum Gasteiger partial charge on any atom is 0.260 e. The molecule has 2 rings (SSSR count). The number of nitrogens with zero attached hydrogens (tertiary/aromatic N) is 1. The van der Waals surface area contributed by atoms with E-state index in [9.17, 15) is 14.3 Å². The highest BCUT2D eigenvalue weighted by molar-refractivity contribution is 6.09. The summed E-state index contributed by atoms with van der Waals surface area (Å²) in [6.45, 7) is 0. The molecule has 0 saturated heterocycles. The molecule has 1 amide bonds. The van der Waals surface area contributed by atoms with Crippen molar-refractivity contribution in [1.82, 2.24) is 0 Å². The van der Waals surface area contributed by atoms with E-state index in [1.807, 2.05) is 0 Å². The van der Waals surface area contributed by atoms with Gasteiger partial charge in [-0.2, -0.15) is 0 Å². The van der Waals surface area contributed by atoms with Crippen LogP contribution in [0.25, 0.3) is 0 Å². The molecule has 0 fully saturated rings. The smallest absolute Gasteiger partial charge is 0.260 e. The number of nitrogen functional groups attached to an aromatic ring is 1. The van der Waals surface area contributed by atoms with Gasteiger partial charge < -0.3 is 15.7 Å². The fourth-order valence-corrected chi connectivity index (χ4v) is 1.73. The summed E-state index contributed by atoms with van der Waals surface area (Å²) in [5, 5.41) is 9.39. The van der Waals surface area contributed by atoms with Crippen molar-refractivity contribution in [2.75, 3.05) is 17.7 Å². The largest absolute Gasteiger partial charge is 0.508 e. The van der Waals surface area contributed by atoms with E-state index in [0.29, 0.717) is 5.69 Å². The molecule has 0 aromatic heterocycles. The Morgan fingerprint density at radius 3 is 2.63 bits per heavy atom. The van der Waals surface area contributed by atoms with Crippen LogP contribution in [0.3, 0.4) is 0 Å². The zero-order valence-electron chi connectivity index (χ0n) is 10.3. The number of carbonyl (C=O) groups is 1. The standard InChI is InChI=1S/C14H13FN2O2/c1-17(10-3-2-4-11(18)8-10)14(19)12-6-5-9(15)7-13(12)16/h2-8,18H,16H2,1H3. The molecule has 0 bridgehead atoms. The number of amides is 1. The van der Waals surface area contributed by atoms with Gasteiger partial charge in [-0.3, -0.25) is 4.79 Å². The molecule has 4 nitrogen and oxygen atoms in total. The van der Waals surface area contributed by atoms with Crippen LogP contribution in [0.5, 0.6) is 5.75 Å². The highest BCUT2D eigenvalue weighted by Gasteiger charge is 2.16. The first-order valence-corrected chi connectivity index (χ1v) is 5.61. The van der Waals surface area contributed by atoms with Gasteiger partial charge in [0.15, 0.2) is 0 Å². The lowest BCUT2D eigenvalue weighted by Crippen LogP contribution is -2.27. The number of aromatic hydroxyl groups is 1. The van der Waals surface area contributed by atoms with Crippen molar-refractivity contribution >= 4 is 17.3 Å². The van der Waals surface area contributed by atoms with Crippen LogP contribution in [0.4, 0.5) is 15.8 Å². The molecule has 2 aromatic carbocycles. The number of anilines is 2. The summed E-state index contributed by atoms with van der Waals surface area (Å²) in [7, 11) is 1.56. The Balaban J connectivity index is 2.33. The number of phenols is 1. The van der Waals surface area contributed by atoms with Gasteiger partial charge in [0.05, 0.1) is 5.56 Å². The lowest BCUT2D eigenvalue weighted by atomic mass is 10.1. The molecule has 0 aliphatic rings. The lowest BCUT2D eigenvalue weighted by Gasteiger charge is -2.18. The third-order valence-corrected chi connectivity index (χ3v) is 2.77. The molecule has 0 heterocycles. The zero-order chi connectivity index (χ0) is 14.0. The number of rotatable bonds is 2. The molecule has 98 valence electrons. The second kappa shape index (κ2) is 4.97. The van der Waals surface area contributed by atoms with Crippen LogP contribution in [-0.2, 0) is 0 Å². The fourth-order valence-electron chi connectivity index (χ4n) is 1.73. The van der Waals surface area contributed by atoms with Crippen molar-refractivity contribution in [2.45, 2.75) is 0 Å². The van der Waals surface area contributed by atoms with E-state index < -0.39 is 5.82 Å². The Kier molecular flexibility index (Phi) is 3.37. The summed E-state index contributed by atoms with van der Waals surface area (Å²) in [5.41, 5.74) is 6.45.